The molecule has 1 aromatic rings. The second-order valence-corrected chi connectivity index (χ2v) is 5.01. The fraction of sp³-hybridized carbons (Fsp3) is 0.533. The molecule has 2 rings (SSSR count). The zero-order chi connectivity index (χ0) is 15.1. The number of benzene rings is 1. The van der Waals surface area contributed by atoms with Gasteiger partial charge in [0.25, 0.3) is 5.91 Å². The Hall–Kier alpha value is -1.79. The Morgan fingerprint density at radius 2 is 2.33 bits per heavy atom. The maximum atomic E-state index is 10.7. The molecule has 1 saturated heterocycles. The number of hydrogen-bond donors (Lipinski definition) is 2. The minimum absolute atomic E-state index is 0.160. The fourth-order valence-corrected chi connectivity index (χ4v) is 2.27. The van der Waals surface area contributed by atoms with Crippen LogP contribution in [0.1, 0.15) is 18.4 Å². The predicted molar refractivity (Wildman–Crippen MR) is 78.4 cm³/mol. The van der Waals surface area contributed by atoms with E-state index in [1.807, 2.05) is 12.1 Å². The van der Waals surface area contributed by atoms with Gasteiger partial charge in [0.2, 0.25) is 0 Å². The van der Waals surface area contributed by atoms with Crippen molar-refractivity contribution in [2.45, 2.75) is 25.5 Å². The Morgan fingerprint density at radius 3 is 3.00 bits per heavy atom. The van der Waals surface area contributed by atoms with Crippen LogP contribution in [0, 0.1) is 0 Å². The molecule has 116 valence electrons. The molecule has 21 heavy (non-hydrogen) atoms. The van der Waals surface area contributed by atoms with Gasteiger partial charge in [0, 0.05) is 19.7 Å². The molecule has 1 aliphatic heterocycles. The van der Waals surface area contributed by atoms with Crippen molar-refractivity contribution in [3.05, 3.63) is 23.8 Å². The maximum absolute atomic E-state index is 10.7. The van der Waals surface area contributed by atoms with Crippen molar-refractivity contribution in [1.82, 2.24) is 5.32 Å². The third-order valence-electron chi connectivity index (χ3n) is 3.32. The third kappa shape index (κ3) is 4.91. The van der Waals surface area contributed by atoms with Crippen LogP contribution in [0.25, 0.3) is 0 Å². The molecule has 0 bridgehead atoms. The Labute approximate surface area is 124 Å². The lowest BCUT2D eigenvalue weighted by atomic mass is 10.2. The quantitative estimate of drug-likeness (QED) is 0.742. The summed E-state index contributed by atoms with van der Waals surface area (Å²) < 4.78 is 16.1. The molecule has 1 aliphatic rings. The summed E-state index contributed by atoms with van der Waals surface area (Å²) >= 11 is 0. The van der Waals surface area contributed by atoms with E-state index in [4.69, 9.17) is 19.9 Å². The van der Waals surface area contributed by atoms with Crippen molar-refractivity contribution in [3.8, 4) is 11.5 Å². The van der Waals surface area contributed by atoms with Crippen LogP contribution in [-0.4, -0.2) is 38.9 Å². The first-order valence-electron chi connectivity index (χ1n) is 7.09. The second kappa shape index (κ2) is 7.85. The molecule has 0 spiro atoms. The van der Waals surface area contributed by atoms with Gasteiger partial charge in [-0.2, -0.15) is 0 Å². The van der Waals surface area contributed by atoms with Crippen LogP contribution in [0.15, 0.2) is 18.2 Å². The molecule has 1 aromatic carbocycles. The summed E-state index contributed by atoms with van der Waals surface area (Å²) in [5.74, 6) is 0.589. The standard InChI is InChI=1S/C15H22N2O4/c1-19-14-7-11(4-5-13(14)21-10-15(16)18)8-17-9-12-3-2-6-20-12/h4-5,7,12,17H,2-3,6,8-10H2,1H3,(H2,16,18)/t12-/m1/s1. The molecule has 6 nitrogen and oxygen atoms in total. The van der Waals surface area contributed by atoms with Crippen LogP contribution in [0.3, 0.4) is 0 Å². The van der Waals surface area contributed by atoms with Gasteiger partial charge >= 0.3 is 0 Å². The summed E-state index contributed by atoms with van der Waals surface area (Å²) in [5, 5.41) is 3.37. The maximum Gasteiger partial charge on any atom is 0.255 e. The van der Waals surface area contributed by atoms with E-state index in [9.17, 15) is 4.79 Å². The first-order valence-corrected chi connectivity index (χ1v) is 7.09. The molecule has 0 aromatic heterocycles. The summed E-state index contributed by atoms with van der Waals surface area (Å²) in [6, 6.07) is 5.60. The summed E-state index contributed by atoms with van der Waals surface area (Å²) in [6.45, 7) is 2.29. The van der Waals surface area contributed by atoms with Gasteiger partial charge < -0.3 is 25.3 Å². The highest BCUT2D eigenvalue weighted by Crippen LogP contribution is 2.28. The molecule has 1 amide bonds. The van der Waals surface area contributed by atoms with E-state index in [0.717, 1.165) is 38.1 Å². The molecule has 1 atom stereocenters. The SMILES string of the molecule is COc1cc(CNC[C@H]2CCCO2)ccc1OCC(N)=O. The number of primary amides is 1. The van der Waals surface area contributed by atoms with E-state index in [2.05, 4.69) is 5.32 Å². The Balaban J connectivity index is 1.86. The molecule has 3 N–H and O–H groups in total. The minimum atomic E-state index is -0.514. The first kappa shape index (κ1) is 15.6. The third-order valence-corrected chi connectivity index (χ3v) is 3.32. The molecule has 0 radical (unpaired) electrons. The van der Waals surface area contributed by atoms with Gasteiger partial charge in [-0.25, -0.2) is 0 Å². The summed E-state index contributed by atoms with van der Waals surface area (Å²) in [5.41, 5.74) is 6.14. The van der Waals surface area contributed by atoms with Gasteiger partial charge in [0.1, 0.15) is 0 Å². The highest BCUT2D eigenvalue weighted by Gasteiger charge is 2.14. The van der Waals surface area contributed by atoms with Gasteiger partial charge in [-0.05, 0) is 30.5 Å². The zero-order valence-corrected chi connectivity index (χ0v) is 12.3. The van der Waals surface area contributed by atoms with Crippen molar-refractivity contribution < 1.29 is 19.0 Å². The minimum Gasteiger partial charge on any atom is -0.493 e. The van der Waals surface area contributed by atoms with Gasteiger partial charge in [0.05, 0.1) is 13.2 Å². The van der Waals surface area contributed by atoms with Gasteiger partial charge in [-0.3, -0.25) is 4.79 Å². The summed E-state index contributed by atoms with van der Waals surface area (Å²) in [7, 11) is 1.57. The van der Waals surface area contributed by atoms with E-state index in [1.165, 1.54) is 0 Å². The van der Waals surface area contributed by atoms with Crippen molar-refractivity contribution in [1.29, 1.82) is 0 Å². The van der Waals surface area contributed by atoms with Gasteiger partial charge in [-0.1, -0.05) is 6.07 Å². The Bertz CT molecular complexity index is 473. The molecule has 1 heterocycles. The largest absolute Gasteiger partial charge is 0.493 e. The van der Waals surface area contributed by atoms with Crippen molar-refractivity contribution >= 4 is 5.91 Å². The summed E-state index contributed by atoms with van der Waals surface area (Å²) in [6.07, 6.45) is 2.59. The number of nitrogens with two attached hydrogens (primary N) is 1. The van der Waals surface area contributed by atoms with E-state index in [0.29, 0.717) is 17.6 Å². The van der Waals surface area contributed by atoms with Crippen LogP contribution < -0.4 is 20.5 Å². The Morgan fingerprint density at radius 1 is 1.48 bits per heavy atom. The van der Waals surface area contributed by atoms with Crippen LogP contribution in [0.5, 0.6) is 11.5 Å². The van der Waals surface area contributed by atoms with E-state index in [-0.39, 0.29) is 6.61 Å². The zero-order valence-electron chi connectivity index (χ0n) is 12.3. The Kier molecular flexibility index (Phi) is 5.83. The average Bonchev–Trinajstić information content (AvgIpc) is 2.98. The van der Waals surface area contributed by atoms with Gasteiger partial charge in [0.15, 0.2) is 18.1 Å². The number of methoxy groups -OCH3 is 1. The van der Waals surface area contributed by atoms with Crippen LogP contribution in [0.2, 0.25) is 0 Å². The molecule has 0 unspecified atom stereocenters. The molecule has 6 heteroatoms. The fourth-order valence-electron chi connectivity index (χ4n) is 2.27. The van der Waals surface area contributed by atoms with Crippen molar-refractivity contribution in [3.63, 3.8) is 0 Å². The van der Waals surface area contributed by atoms with Crippen LogP contribution in [-0.2, 0) is 16.1 Å². The van der Waals surface area contributed by atoms with Crippen molar-refractivity contribution in [2.75, 3.05) is 26.9 Å². The van der Waals surface area contributed by atoms with E-state index < -0.39 is 5.91 Å². The predicted octanol–water partition coefficient (Wildman–Crippen LogP) is 0.828. The van der Waals surface area contributed by atoms with Crippen LogP contribution >= 0.6 is 0 Å². The summed E-state index contributed by atoms with van der Waals surface area (Å²) in [4.78, 5) is 10.7. The number of carbonyl (C=O) groups is 1. The number of carbonyl (C=O) groups excluding carboxylic acids is 1. The smallest absolute Gasteiger partial charge is 0.255 e. The lowest BCUT2D eigenvalue weighted by Gasteiger charge is -2.13. The number of amides is 1. The van der Waals surface area contributed by atoms with E-state index in [1.54, 1.807) is 13.2 Å². The average molecular weight is 294 g/mol. The van der Waals surface area contributed by atoms with Gasteiger partial charge in [-0.15, -0.1) is 0 Å². The number of ether oxygens (including phenoxy) is 3. The number of rotatable bonds is 8. The lowest BCUT2D eigenvalue weighted by Crippen LogP contribution is -2.25. The topological polar surface area (TPSA) is 82.8 Å². The number of nitrogens with one attached hydrogen (secondary N) is 1. The molecule has 1 fully saturated rings. The lowest BCUT2D eigenvalue weighted by molar-refractivity contribution is -0.119. The molecule has 0 saturated carbocycles. The van der Waals surface area contributed by atoms with Crippen LogP contribution in [0.4, 0.5) is 0 Å². The highest BCUT2D eigenvalue weighted by molar-refractivity contribution is 5.75. The molecular weight excluding hydrogens is 272 g/mol. The number of hydrogen-bond acceptors (Lipinski definition) is 5. The second-order valence-electron chi connectivity index (χ2n) is 5.01. The molecular formula is C15H22N2O4. The molecule has 0 aliphatic carbocycles. The monoisotopic (exact) mass is 294 g/mol. The highest BCUT2D eigenvalue weighted by atomic mass is 16.5. The van der Waals surface area contributed by atoms with E-state index >= 15 is 0 Å². The first-order chi connectivity index (χ1) is 10.2. The van der Waals surface area contributed by atoms with Crippen molar-refractivity contribution in [2.24, 2.45) is 5.73 Å². The normalized spacial score (nSPS) is 17.7.